The van der Waals surface area contributed by atoms with Crippen LogP contribution in [-0.4, -0.2) is 6.04 Å². The van der Waals surface area contributed by atoms with Gasteiger partial charge in [-0.2, -0.15) is 0 Å². The Balaban J connectivity index is 2.77. The van der Waals surface area contributed by atoms with Crippen LogP contribution in [0.25, 0.3) is 0 Å². The van der Waals surface area contributed by atoms with E-state index in [1.54, 1.807) is 12.1 Å². The van der Waals surface area contributed by atoms with Crippen LogP contribution in [0.2, 0.25) is 0 Å². The Kier molecular flexibility index (Phi) is 3.39. The minimum absolute atomic E-state index is 0.186. The van der Waals surface area contributed by atoms with Gasteiger partial charge in [0.25, 0.3) is 0 Å². The largest absolute Gasteiger partial charge is 0.271 e. The van der Waals surface area contributed by atoms with Crippen LogP contribution in [0.4, 0.5) is 4.39 Å². The molecule has 0 aliphatic heterocycles. The standard InChI is InChI=1S/C10H15FN2/c1-7-5-10(11)4-3-9(7)6-8(2)13-12/h3-5,8,13H,6,12H2,1-2H3. The number of hydrogen-bond acceptors (Lipinski definition) is 2. The molecule has 0 amide bonds. The summed E-state index contributed by atoms with van der Waals surface area (Å²) < 4.78 is 12.7. The van der Waals surface area contributed by atoms with Crippen molar-refractivity contribution in [1.82, 2.24) is 5.43 Å². The summed E-state index contributed by atoms with van der Waals surface area (Å²) in [5.74, 6) is 5.09. The summed E-state index contributed by atoms with van der Waals surface area (Å²) in [5, 5.41) is 0. The maximum absolute atomic E-state index is 12.7. The van der Waals surface area contributed by atoms with Crippen LogP contribution >= 0.6 is 0 Å². The van der Waals surface area contributed by atoms with E-state index in [0.717, 1.165) is 17.5 Å². The lowest BCUT2D eigenvalue weighted by molar-refractivity contribution is 0.565. The molecule has 0 aliphatic carbocycles. The number of nitrogens with one attached hydrogen (secondary N) is 1. The Hall–Kier alpha value is -0.930. The maximum Gasteiger partial charge on any atom is 0.123 e. The summed E-state index contributed by atoms with van der Waals surface area (Å²) in [4.78, 5) is 0. The molecule has 0 fully saturated rings. The molecule has 0 saturated heterocycles. The Labute approximate surface area is 77.9 Å². The Bertz CT molecular complexity index is 286. The van der Waals surface area contributed by atoms with Crippen molar-refractivity contribution < 1.29 is 4.39 Å². The molecule has 1 unspecified atom stereocenters. The van der Waals surface area contributed by atoms with Gasteiger partial charge in [0.05, 0.1) is 0 Å². The van der Waals surface area contributed by atoms with Crippen molar-refractivity contribution in [3.05, 3.63) is 35.1 Å². The van der Waals surface area contributed by atoms with Gasteiger partial charge in [0.15, 0.2) is 0 Å². The molecular formula is C10H15FN2. The first-order valence-electron chi connectivity index (χ1n) is 4.34. The van der Waals surface area contributed by atoms with Crippen LogP contribution in [0.5, 0.6) is 0 Å². The van der Waals surface area contributed by atoms with Crippen molar-refractivity contribution in [2.45, 2.75) is 26.3 Å². The molecule has 0 aliphatic rings. The summed E-state index contributed by atoms with van der Waals surface area (Å²) >= 11 is 0. The SMILES string of the molecule is Cc1cc(F)ccc1CC(C)NN. The van der Waals surface area contributed by atoms with E-state index in [1.807, 2.05) is 13.8 Å². The van der Waals surface area contributed by atoms with E-state index in [-0.39, 0.29) is 11.9 Å². The minimum Gasteiger partial charge on any atom is -0.271 e. The highest BCUT2D eigenvalue weighted by atomic mass is 19.1. The number of halogens is 1. The number of rotatable bonds is 3. The predicted octanol–water partition coefficient (Wildman–Crippen LogP) is 1.53. The molecule has 0 saturated carbocycles. The fourth-order valence-corrected chi connectivity index (χ4v) is 1.28. The lowest BCUT2D eigenvalue weighted by Crippen LogP contribution is -2.34. The molecule has 3 N–H and O–H groups in total. The zero-order valence-corrected chi connectivity index (χ0v) is 7.97. The third kappa shape index (κ3) is 2.79. The second kappa shape index (κ2) is 4.35. The highest BCUT2D eigenvalue weighted by Gasteiger charge is 2.04. The van der Waals surface area contributed by atoms with Crippen molar-refractivity contribution in [2.75, 3.05) is 0 Å². The summed E-state index contributed by atoms with van der Waals surface area (Å²) in [6.07, 6.45) is 0.822. The normalized spacial score (nSPS) is 12.9. The van der Waals surface area contributed by atoms with Crippen molar-refractivity contribution in [2.24, 2.45) is 5.84 Å². The lowest BCUT2D eigenvalue weighted by atomic mass is 10.0. The molecule has 0 bridgehead atoms. The molecule has 13 heavy (non-hydrogen) atoms. The van der Waals surface area contributed by atoms with E-state index in [1.165, 1.54) is 6.07 Å². The molecule has 0 spiro atoms. The van der Waals surface area contributed by atoms with Crippen LogP contribution in [0.1, 0.15) is 18.1 Å². The number of benzene rings is 1. The summed E-state index contributed by atoms with van der Waals surface area (Å²) in [6.45, 7) is 3.89. The van der Waals surface area contributed by atoms with Crippen molar-refractivity contribution in [3.8, 4) is 0 Å². The molecule has 0 aromatic heterocycles. The topological polar surface area (TPSA) is 38.0 Å². The van der Waals surface area contributed by atoms with Gasteiger partial charge in [-0.25, -0.2) is 4.39 Å². The minimum atomic E-state index is -0.186. The van der Waals surface area contributed by atoms with Gasteiger partial charge < -0.3 is 0 Å². The Morgan fingerprint density at radius 2 is 2.23 bits per heavy atom. The van der Waals surface area contributed by atoms with Gasteiger partial charge in [0.2, 0.25) is 0 Å². The zero-order chi connectivity index (χ0) is 9.84. The second-order valence-electron chi connectivity index (χ2n) is 3.34. The van der Waals surface area contributed by atoms with Crippen molar-refractivity contribution in [1.29, 1.82) is 0 Å². The van der Waals surface area contributed by atoms with Crippen LogP contribution in [0.3, 0.4) is 0 Å². The molecular weight excluding hydrogens is 167 g/mol. The summed E-state index contributed by atoms with van der Waals surface area (Å²) in [7, 11) is 0. The second-order valence-corrected chi connectivity index (χ2v) is 3.34. The van der Waals surface area contributed by atoms with Crippen molar-refractivity contribution >= 4 is 0 Å². The fraction of sp³-hybridized carbons (Fsp3) is 0.400. The molecule has 0 radical (unpaired) electrons. The fourth-order valence-electron chi connectivity index (χ4n) is 1.28. The molecule has 0 heterocycles. The molecule has 2 nitrogen and oxygen atoms in total. The number of hydrazine groups is 1. The van der Waals surface area contributed by atoms with Gasteiger partial charge in [-0.1, -0.05) is 6.07 Å². The summed E-state index contributed by atoms with van der Waals surface area (Å²) in [5.41, 5.74) is 4.77. The molecule has 3 heteroatoms. The first kappa shape index (κ1) is 10.2. The molecule has 1 atom stereocenters. The van der Waals surface area contributed by atoms with Crippen LogP contribution in [0.15, 0.2) is 18.2 Å². The number of hydrogen-bond donors (Lipinski definition) is 2. The number of nitrogens with two attached hydrogens (primary N) is 1. The van der Waals surface area contributed by atoms with Gasteiger partial charge in [0, 0.05) is 6.04 Å². The first-order valence-corrected chi connectivity index (χ1v) is 4.34. The average molecular weight is 182 g/mol. The quantitative estimate of drug-likeness (QED) is 0.549. The van der Waals surface area contributed by atoms with Gasteiger partial charge in [-0.3, -0.25) is 11.3 Å². The third-order valence-corrected chi connectivity index (χ3v) is 2.12. The highest BCUT2D eigenvalue weighted by molar-refractivity contribution is 5.27. The summed E-state index contributed by atoms with van der Waals surface area (Å²) in [6, 6.07) is 5.03. The van der Waals surface area contributed by atoms with E-state index in [9.17, 15) is 4.39 Å². The van der Waals surface area contributed by atoms with E-state index in [2.05, 4.69) is 5.43 Å². The lowest BCUT2D eigenvalue weighted by Gasteiger charge is -2.11. The zero-order valence-electron chi connectivity index (χ0n) is 7.97. The van der Waals surface area contributed by atoms with E-state index < -0.39 is 0 Å². The van der Waals surface area contributed by atoms with Gasteiger partial charge >= 0.3 is 0 Å². The van der Waals surface area contributed by atoms with Gasteiger partial charge in [0.1, 0.15) is 5.82 Å². The van der Waals surface area contributed by atoms with Crippen LogP contribution in [-0.2, 0) is 6.42 Å². The molecule has 1 aromatic rings. The smallest absolute Gasteiger partial charge is 0.123 e. The molecule has 1 aromatic carbocycles. The van der Waals surface area contributed by atoms with E-state index in [4.69, 9.17) is 5.84 Å². The Morgan fingerprint density at radius 1 is 1.54 bits per heavy atom. The Morgan fingerprint density at radius 3 is 2.77 bits per heavy atom. The third-order valence-electron chi connectivity index (χ3n) is 2.12. The van der Waals surface area contributed by atoms with Gasteiger partial charge in [-0.15, -0.1) is 0 Å². The van der Waals surface area contributed by atoms with Crippen molar-refractivity contribution in [3.63, 3.8) is 0 Å². The highest BCUT2D eigenvalue weighted by Crippen LogP contribution is 2.11. The van der Waals surface area contributed by atoms with E-state index in [0.29, 0.717) is 0 Å². The predicted molar refractivity (Wildman–Crippen MR) is 51.6 cm³/mol. The van der Waals surface area contributed by atoms with Crippen LogP contribution < -0.4 is 11.3 Å². The molecule has 72 valence electrons. The van der Waals surface area contributed by atoms with Gasteiger partial charge in [-0.05, 0) is 43.5 Å². The van der Waals surface area contributed by atoms with E-state index >= 15 is 0 Å². The maximum atomic E-state index is 12.7. The first-order chi connectivity index (χ1) is 6.13. The van der Waals surface area contributed by atoms with Crippen LogP contribution in [0, 0.1) is 12.7 Å². The average Bonchev–Trinajstić information content (AvgIpc) is 2.09. The molecule has 1 rings (SSSR count). The monoisotopic (exact) mass is 182 g/mol. The number of aryl methyl sites for hydroxylation is 1.